The lowest BCUT2D eigenvalue weighted by molar-refractivity contribution is -0.142. The average Bonchev–Trinajstić information content (AvgIpc) is 3.12. The molecular formula is C34H60BrN5O13. The van der Waals surface area contributed by atoms with Crippen LogP contribution in [0, 0.1) is 0 Å². The molecule has 0 unspecified atom stereocenters. The molecule has 0 spiro atoms. The second-order valence-electron chi connectivity index (χ2n) is 11.9. The molecule has 1 atom stereocenters. The second-order valence-corrected chi connectivity index (χ2v) is 12.5. The van der Waals surface area contributed by atoms with Crippen LogP contribution in [-0.2, 0) is 52.5 Å². The molecule has 5 amide bonds. The van der Waals surface area contributed by atoms with Gasteiger partial charge in [-0.1, -0.05) is 54.5 Å². The lowest BCUT2D eigenvalue weighted by Gasteiger charge is -2.14. The van der Waals surface area contributed by atoms with Gasteiger partial charge in [0, 0.05) is 45.4 Å². The van der Waals surface area contributed by atoms with E-state index in [1.807, 2.05) is 0 Å². The van der Waals surface area contributed by atoms with Crippen molar-refractivity contribution < 1.29 is 62.7 Å². The third-order valence-electron chi connectivity index (χ3n) is 7.31. The molecule has 0 heterocycles. The minimum Gasteiger partial charge on any atom is -0.481 e. The highest BCUT2D eigenvalue weighted by Gasteiger charge is 2.19. The fraction of sp³-hybridized carbons (Fsp3) is 0.794. The third kappa shape index (κ3) is 35.4. The number of ether oxygens (including phenoxy) is 4. The number of aliphatic carboxylic acids is 2. The summed E-state index contributed by atoms with van der Waals surface area (Å²) in [5.41, 5.74) is 0. The maximum Gasteiger partial charge on any atom is 0.326 e. The van der Waals surface area contributed by atoms with E-state index in [1.165, 1.54) is 0 Å². The maximum absolute atomic E-state index is 12.2. The first-order chi connectivity index (χ1) is 25.5. The van der Waals surface area contributed by atoms with E-state index in [1.54, 1.807) is 0 Å². The molecule has 0 aliphatic carbocycles. The van der Waals surface area contributed by atoms with Crippen molar-refractivity contribution in [3.8, 4) is 0 Å². The first kappa shape index (κ1) is 49.6. The summed E-state index contributed by atoms with van der Waals surface area (Å²) in [4.78, 5) is 80.8. The van der Waals surface area contributed by atoms with Crippen LogP contribution in [0.3, 0.4) is 0 Å². The fourth-order valence-electron chi connectivity index (χ4n) is 4.55. The molecule has 0 fully saturated rings. The molecule has 7 N–H and O–H groups in total. The minimum absolute atomic E-state index is 0.105. The average molecular weight is 827 g/mol. The SMILES string of the molecule is O=C(O)CCCCCCCCCCC(=O)N[C@@H](CCCC(=O)NCCOCCOCC(=O)NCCOCCOCC(=O)NCCNC(=O)CBr)C(=O)O. The molecule has 0 aliphatic heterocycles. The number of rotatable bonds is 37. The van der Waals surface area contributed by atoms with Gasteiger partial charge in [-0.15, -0.1) is 0 Å². The zero-order valence-corrected chi connectivity index (χ0v) is 32.3. The Kier molecular flexibility index (Phi) is 33.4. The summed E-state index contributed by atoms with van der Waals surface area (Å²) in [5.74, 6) is -3.29. The molecule has 0 aromatic carbocycles. The van der Waals surface area contributed by atoms with Gasteiger partial charge in [-0.05, 0) is 25.7 Å². The van der Waals surface area contributed by atoms with Gasteiger partial charge in [-0.2, -0.15) is 0 Å². The van der Waals surface area contributed by atoms with E-state index < -0.39 is 18.0 Å². The van der Waals surface area contributed by atoms with E-state index in [9.17, 15) is 38.7 Å². The lowest BCUT2D eigenvalue weighted by atomic mass is 10.1. The van der Waals surface area contributed by atoms with Gasteiger partial charge >= 0.3 is 11.9 Å². The van der Waals surface area contributed by atoms with Crippen LogP contribution >= 0.6 is 15.9 Å². The number of carboxylic acids is 2. The Morgan fingerprint density at radius 1 is 0.472 bits per heavy atom. The lowest BCUT2D eigenvalue weighted by Crippen LogP contribution is -2.40. The summed E-state index contributed by atoms with van der Waals surface area (Å²) in [5, 5.41) is 31.3. The van der Waals surface area contributed by atoms with E-state index in [-0.39, 0.29) is 133 Å². The fourth-order valence-corrected chi connectivity index (χ4v) is 4.75. The van der Waals surface area contributed by atoms with Crippen molar-refractivity contribution in [2.75, 3.05) is 84.4 Å². The second kappa shape index (κ2) is 35.6. The number of halogens is 1. The number of alkyl halides is 1. The Balaban J connectivity index is 3.65. The van der Waals surface area contributed by atoms with Crippen LogP contribution in [0.4, 0.5) is 0 Å². The summed E-state index contributed by atoms with van der Waals surface area (Å²) in [6, 6.07) is -1.06. The molecular weight excluding hydrogens is 766 g/mol. The van der Waals surface area contributed by atoms with Gasteiger partial charge in [0.15, 0.2) is 0 Å². The molecule has 19 heteroatoms. The van der Waals surface area contributed by atoms with E-state index in [0.717, 1.165) is 38.5 Å². The van der Waals surface area contributed by atoms with Crippen molar-refractivity contribution in [2.24, 2.45) is 0 Å². The highest BCUT2D eigenvalue weighted by molar-refractivity contribution is 9.09. The molecule has 53 heavy (non-hydrogen) atoms. The van der Waals surface area contributed by atoms with Crippen LogP contribution < -0.4 is 26.6 Å². The molecule has 0 rings (SSSR count). The number of nitrogens with one attached hydrogen (secondary N) is 5. The molecule has 0 radical (unpaired) electrons. The van der Waals surface area contributed by atoms with Gasteiger partial charge in [0.2, 0.25) is 29.5 Å². The minimum atomic E-state index is -1.14. The standard InChI is InChI=1S/C34H60BrN5O13/c35-24-30(43)36-14-15-37-31(44)25-52-22-21-51-19-17-39-32(45)26-53-23-20-50-18-16-38-28(41)12-9-10-27(34(48)49)40-29(42)11-7-5-3-1-2-4-6-8-13-33(46)47/h27H,1-26H2,(H,36,43)(H,37,44)(H,38,41)(H,39,45)(H,40,42)(H,46,47)(H,48,49)/t27-/m0/s1. The quantitative estimate of drug-likeness (QED) is 0.0336. The molecule has 0 bridgehead atoms. The van der Waals surface area contributed by atoms with Crippen molar-refractivity contribution in [3.05, 3.63) is 0 Å². The largest absolute Gasteiger partial charge is 0.481 e. The molecule has 0 saturated heterocycles. The number of carbonyl (C=O) groups is 7. The molecule has 306 valence electrons. The highest BCUT2D eigenvalue weighted by atomic mass is 79.9. The Morgan fingerprint density at radius 3 is 1.42 bits per heavy atom. The summed E-state index contributed by atoms with van der Waals surface area (Å²) in [7, 11) is 0. The van der Waals surface area contributed by atoms with Crippen LogP contribution in [0.1, 0.15) is 83.5 Å². The van der Waals surface area contributed by atoms with E-state index in [0.29, 0.717) is 25.9 Å². The third-order valence-corrected chi connectivity index (χ3v) is 7.82. The van der Waals surface area contributed by atoms with Crippen molar-refractivity contribution in [2.45, 2.75) is 89.5 Å². The van der Waals surface area contributed by atoms with E-state index in [2.05, 4.69) is 42.5 Å². The molecule has 0 aliphatic rings. The van der Waals surface area contributed by atoms with Crippen molar-refractivity contribution in [3.63, 3.8) is 0 Å². The van der Waals surface area contributed by atoms with Crippen molar-refractivity contribution in [1.82, 2.24) is 26.6 Å². The van der Waals surface area contributed by atoms with Gasteiger partial charge in [0.25, 0.3) is 0 Å². The number of amides is 5. The van der Waals surface area contributed by atoms with Crippen molar-refractivity contribution in [1.29, 1.82) is 0 Å². The Bertz CT molecular complexity index is 1050. The van der Waals surface area contributed by atoms with Crippen LogP contribution in [0.5, 0.6) is 0 Å². The van der Waals surface area contributed by atoms with E-state index >= 15 is 0 Å². The van der Waals surface area contributed by atoms with Gasteiger partial charge in [-0.3, -0.25) is 28.8 Å². The highest BCUT2D eigenvalue weighted by Crippen LogP contribution is 2.11. The Morgan fingerprint density at radius 2 is 0.906 bits per heavy atom. The molecule has 0 aromatic heterocycles. The topological polar surface area (TPSA) is 257 Å². The molecule has 0 saturated carbocycles. The van der Waals surface area contributed by atoms with Crippen LogP contribution in [-0.4, -0.2) is 142 Å². The summed E-state index contributed by atoms with van der Waals surface area (Å²) >= 11 is 3.02. The normalized spacial score (nSPS) is 11.3. The Labute approximate surface area is 320 Å². The van der Waals surface area contributed by atoms with Crippen molar-refractivity contribution >= 4 is 57.4 Å². The number of carbonyl (C=O) groups excluding carboxylic acids is 5. The van der Waals surface area contributed by atoms with Crippen LogP contribution in [0.2, 0.25) is 0 Å². The first-order valence-electron chi connectivity index (χ1n) is 18.2. The van der Waals surface area contributed by atoms with Gasteiger partial charge in [0.05, 0.1) is 45.0 Å². The zero-order chi connectivity index (χ0) is 39.4. The first-order valence-corrected chi connectivity index (χ1v) is 19.3. The number of carboxylic acid groups (broad SMARTS) is 2. The van der Waals surface area contributed by atoms with E-state index in [4.69, 9.17) is 24.1 Å². The zero-order valence-electron chi connectivity index (χ0n) is 30.7. The predicted molar refractivity (Wildman–Crippen MR) is 196 cm³/mol. The monoisotopic (exact) mass is 825 g/mol. The number of unbranched alkanes of at least 4 members (excludes halogenated alkanes) is 7. The molecule has 18 nitrogen and oxygen atoms in total. The number of hydrogen-bond acceptors (Lipinski definition) is 11. The van der Waals surface area contributed by atoms with Gasteiger partial charge in [0.1, 0.15) is 19.3 Å². The molecule has 0 aromatic rings. The summed E-state index contributed by atoms with van der Waals surface area (Å²) < 4.78 is 21.1. The summed E-state index contributed by atoms with van der Waals surface area (Å²) in [6.07, 6.45) is 8.09. The van der Waals surface area contributed by atoms with Gasteiger partial charge in [-0.25, -0.2) is 4.79 Å². The van der Waals surface area contributed by atoms with Crippen LogP contribution in [0.15, 0.2) is 0 Å². The van der Waals surface area contributed by atoms with Gasteiger partial charge < -0.3 is 55.7 Å². The number of hydrogen-bond donors (Lipinski definition) is 7. The summed E-state index contributed by atoms with van der Waals surface area (Å²) in [6.45, 7) is 2.17. The maximum atomic E-state index is 12.2. The smallest absolute Gasteiger partial charge is 0.326 e. The van der Waals surface area contributed by atoms with Crippen LogP contribution in [0.25, 0.3) is 0 Å². The predicted octanol–water partition coefficient (Wildman–Crippen LogP) is 0.638. The Hall–Kier alpha value is -3.39.